The summed E-state index contributed by atoms with van der Waals surface area (Å²) in [6, 6.07) is 26.8. The Kier molecular flexibility index (Phi) is 7.22. The molecule has 246 valence electrons. The Morgan fingerprint density at radius 3 is 2.27 bits per heavy atom. The molecular formula is C39H31ClFN3O5. The summed E-state index contributed by atoms with van der Waals surface area (Å²) >= 11 is 6.10. The van der Waals surface area contributed by atoms with Gasteiger partial charge in [0.25, 0.3) is 11.8 Å². The molecule has 49 heavy (non-hydrogen) atoms. The number of para-hydroxylation sites is 1. The van der Waals surface area contributed by atoms with E-state index in [4.69, 9.17) is 11.6 Å². The fourth-order valence-corrected chi connectivity index (χ4v) is 8.83. The van der Waals surface area contributed by atoms with E-state index < -0.39 is 64.3 Å². The zero-order valence-electron chi connectivity index (χ0n) is 26.3. The number of hydrogen-bond donors (Lipinski definition) is 2. The van der Waals surface area contributed by atoms with E-state index in [1.807, 2.05) is 25.1 Å². The number of carbonyl (C=O) groups excluding carboxylic acids is 4. The van der Waals surface area contributed by atoms with Crippen LogP contribution < -0.4 is 10.3 Å². The van der Waals surface area contributed by atoms with E-state index in [1.165, 1.54) is 11.0 Å². The average molecular weight is 676 g/mol. The topological polar surface area (TPSA) is 107 Å². The molecule has 0 radical (unpaired) electrons. The molecule has 2 saturated heterocycles. The van der Waals surface area contributed by atoms with Crippen LogP contribution in [0.2, 0.25) is 5.02 Å². The fraction of sp³-hybridized carbons (Fsp3) is 0.231. The summed E-state index contributed by atoms with van der Waals surface area (Å²) in [6.07, 6.45) is 2.14. The van der Waals surface area contributed by atoms with Crippen molar-refractivity contribution in [1.29, 1.82) is 0 Å². The first-order valence-electron chi connectivity index (χ1n) is 16.2. The van der Waals surface area contributed by atoms with E-state index in [9.17, 15) is 19.5 Å². The minimum Gasteiger partial charge on any atom is -0.505 e. The highest BCUT2D eigenvalue weighted by Crippen LogP contribution is 2.65. The van der Waals surface area contributed by atoms with Gasteiger partial charge in [-0.2, -0.15) is 5.01 Å². The number of hydrazine groups is 1. The van der Waals surface area contributed by atoms with Crippen LogP contribution >= 0.6 is 11.6 Å². The molecule has 4 aromatic carbocycles. The summed E-state index contributed by atoms with van der Waals surface area (Å²) < 4.78 is 15.2. The zero-order valence-corrected chi connectivity index (χ0v) is 27.1. The highest BCUT2D eigenvalue weighted by Gasteiger charge is 2.70. The third kappa shape index (κ3) is 4.48. The molecule has 1 saturated carbocycles. The second-order valence-corrected chi connectivity index (χ2v) is 13.7. The number of allylic oxidation sites excluding steroid dienone is 2. The molecule has 4 aliphatic rings. The molecule has 0 spiro atoms. The highest BCUT2D eigenvalue weighted by molar-refractivity contribution is 6.31. The SMILES string of the molecule is Cc1ccc(NN2C(=O)C3CC4C(=CCC5C(=O)N(c6ccc(Cl)cc6)C(=O)C54)C(c4cccc(F)c4O)C3(c3ccccc3)C2=O)cc1. The first kappa shape index (κ1) is 31.0. The van der Waals surface area contributed by atoms with Crippen molar-refractivity contribution in [3.8, 4) is 5.75 Å². The summed E-state index contributed by atoms with van der Waals surface area (Å²) in [4.78, 5) is 59.2. The Labute approximate surface area is 286 Å². The summed E-state index contributed by atoms with van der Waals surface area (Å²) in [7, 11) is 0. The molecule has 6 atom stereocenters. The van der Waals surface area contributed by atoms with E-state index in [2.05, 4.69) is 5.43 Å². The van der Waals surface area contributed by atoms with Crippen molar-refractivity contribution in [2.24, 2.45) is 23.7 Å². The lowest BCUT2D eigenvalue weighted by Crippen LogP contribution is -2.53. The minimum absolute atomic E-state index is 0.0819. The molecule has 8 rings (SSSR count). The molecule has 2 heterocycles. The Balaban J connectivity index is 1.33. The lowest BCUT2D eigenvalue weighted by molar-refractivity contribution is -0.138. The van der Waals surface area contributed by atoms with E-state index in [0.29, 0.717) is 27.5 Å². The van der Waals surface area contributed by atoms with Gasteiger partial charge in [0.05, 0.1) is 34.5 Å². The van der Waals surface area contributed by atoms with Crippen molar-refractivity contribution >= 4 is 46.6 Å². The summed E-state index contributed by atoms with van der Waals surface area (Å²) in [5.41, 5.74) is 4.61. The number of anilines is 2. The predicted molar refractivity (Wildman–Crippen MR) is 181 cm³/mol. The molecular weight excluding hydrogens is 645 g/mol. The van der Waals surface area contributed by atoms with Gasteiger partial charge < -0.3 is 5.11 Å². The van der Waals surface area contributed by atoms with E-state index in [0.717, 1.165) is 16.6 Å². The van der Waals surface area contributed by atoms with Gasteiger partial charge in [-0.15, -0.1) is 0 Å². The molecule has 4 aromatic rings. The number of carbonyl (C=O) groups is 4. The minimum atomic E-state index is -1.61. The predicted octanol–water partition coefficient (Wildman–Crippen LogP) is 6.68. The summed E-state index contributed by atoms with van der Waals surface area (Å²) in [5, 5.41) is 12.8. The van der Waals surface area contributed by atoms with E-state index in [-0.39, 0.29) is 24.3 Å². The maximum atomic E-state index is 15.2. The average Bonchev–Trinajstić information content (AvgIpc) is 3.49. The van der Waals surface area contributed by atoms with Gasteiger partial charge >= 0.3 is 0 Å². The first-order valence-corrected chi connectivity index (χ1v) is 16.6. The van der Waals surface area contributed by atoms with Crippen molar-refractivity contribution in [3.63, 3.8) is 0 Å². The molecule has 2 aliphatic carbocycles. The van der Waals surface area contributed by atoms with Gasteiger partial charge in [-0.3, -0.25) is 29.5 Å². The Morgan fingerprint density at radius 1 is 0.837 bits per heavy atom. The summed E-state index contributed by atoms with van der Waals surface area (Å²) in [5.74, 6) is -7.59. The molecule has 0 aromatic heterocycles. The normalized spacial score (nSPS) is 27.5. The van der Waals surface area contributed by atoms with Gasteiger partial charge in [-0.25, -0.2) is 4.39 Å². The van der Waals surface area contributed by atoms with Crippen LogP contribution in [0.25, 0.3) is 0 Å². The maximum absolute atomic E-state index is 15.2. The van der Waals surface area contributed by atoms with Crippen molar-refractivity contribution in [3.05, 3.63) is 136 Å². The number of aromatic hydroxyl groups is 1. The number of aryl methyl sites for hydroxylation is 1. The molecule has 2 N–H and O–H groups in total. The lowest BCUT2D eigenvalue weighted by Gasteiger charge is -2.50. The fourth-order valence-electron chi connectivity index (χ4n) is 8.70. The smallest absolute Gasteiger partial charge is 0.260 e. The van der Waals surface area contributed by atoms with Gasteiger partial charge in [-0.05, 0) is 73.7 Å². The van der Waals surface area contributed by atoms with Crippen LogP contribution in [0.3, 0.4) is 0 Å². The number of phenols is 1. The number of imide groups is 2. The molecule has 8 nitrogen and oxygen atoms in total. The molecule has 4 amide bonds. The quantitative estimate of drug-likeness (QED) is 0.181. The number of halogens is 2. The number of amides is 4. The van der Waals surface area contributed by atoms with Crippen LogP contribution in [0.15, 0.2) is 109 Å². The second kappa shape index (κ2) is 11.4. The van der Waals surface area contributed by atoms with Crippen molar-refractivity contribution in [2.45, 2.75) is 31.1 Å². The van der Waals surface area contributed by atoms with Crippen molar-refractivity contribution in [1.82, 2.24) is 5.01 Å². The number of rotatable bonds is 5. The van der Waals surface area contributed by atoms with E-state index in [1.54, 1.807) is 72.8 Å². The van der Waals surface area contributed by atoms with Crippen LogP contribution in [0.1, 0.15) is 35.4 Å². The van der Waals surface area contributed by atoms with Gasteiger partial charge in [0, 0.05) is 16.5 Å². The highest BCUT2D eigenvalue weighted by atomic mass is 35.5. The molecule has 10 heteroatoms. The lowest BCUT2D eigenvalue weighted by atomic mass is 9.49. The molecule has 2 aliphatic heterocycles. The monoisotopic (exact) mass is 675 g/mol. The Bertz CT molecular complexity index is 2070. The maximum Gasteiger partial charge on any atom is 0.260 e. The first-order chi connectivity index (χ1) is 23.6. The largest absolute Gasteiger partial charge is 0.505 e. The van der Waals surface area contributed by atoms with Crippen LogP contribution in [0.5, 0.6) is 5.75 Å². The van der Waals surface area contributed by atoms with Crippen LogP contribution in [0, 0.1) is 36.4 Å². The van der Waals surface area contributed by atoms with Gasteiger partial charge in [0.15, 0.2) is 11.6 Å². The standard InChI is InChI=1S/C39H31ClFN3O5/c1-21-10-14-24(15-11-21)42-44-36(47)30-20-29-26(18-19-27-32(29)37(48)43(35(27)46)25-16-12-23(40)13-17-25)33(28-8-5-9-31(41)34(28)45)39(30,38(44)49)22-6-3-2-4-7-22/h2-18,27,29-30,32-33,42,45H,19-20H2,1H3. The number of benzene rings is 4. The van der Waals surface area contributed by atoms with Crippen molar-refractivity contribution < 1.29 is 28.7 Å². The molecule has 6 unspecified atom stereocenters. The third-order valence-electron chi connectivity index (χ3n) is 10.8. The number of nitrogens with one attached hydrogen (secondary N) is 1. The third-order valence-corrected chi connectivity index (χ3v) is 11.1. The summed E-state index contributed by atoms with van der Waals surface area (Å²) in [6.45, 7) is 1.93. The zero-order chi connectivity index (χ0) is 34.2. The van der Waals surface area contributed by atoms with Crippen molar-refractivity contribution in [2.75, 3.05) is 10.3 Å². The number of phenolic OH excluding ortho intramolecular Hbond substituents is 1. The Morgan fingerprint density at radius 2 is 1.55 bits per heavy atom. The molecule has 3 fully saturated rings. The van der Waals surface area contributed by atoms with Crippen LogP contribution in [0.4, 0.5) is 15.8 Å². The van der Waals surface area contributed by atoms with Gasteiger partial charge in [-0.1, -0.05) is 83.4 Å². The van der Waals surface area contributed by atoms with Crippen LogP contribution in [-0.2, 0) is 24.6 Å². The van der Waals surface area contributed by atoms with Gasteiger partial charge in [0.2, 0.25) is 11.8 Å². The van der Waals surface area contributed by atoms with Crippen LogP contribution in [-0.4, -0.2) is 33.7 Å². The van der Waals surface area contributed by atoms with E-state index >= 15 is 9.18 Å². The number of fused-ring (bicyclic) bond motifs is 4. The number of hydrogen-bond acceptors (Lipinski definition) is 6. The number of nitrogens with zero attached hydrogens (tertiary/aromatic N) is 2. The second-order valence-electron chi connectivity index (χ2n) is 13.3. The Hall–Kier alpha value is -5.28. The molecule has 0 bridgehead atoms. The van der Waals surface area contributed by atoms with Gasteiger partial charge in [0.1, 0.15) is 0 Å².